The number of carbonyl (C=O) groups excluding carboxylic acids is 1. The largest absolute Gasteiger partial charge is 0.486 e. The first kappa shape index (κ1) is 19.3. The highest BCUT2D eigenvalue weighted by molar-refractivity contribution is 7.22. The molecule has 7 heteroatoms. The van der Waals surface area contributed by atoms with E-state index in [2.05, 4.69) is 26.0 Å². The fraction of sp³-hybridized carbons (Fsp3) is 0.391. The van der Waals surface area contributed by atoms with Crippen LogP contribution in [0.25, 0.3) is 10.2 Å². The van der Waals surface area contributed by atoms with Crippen molar-refractivity contribution >= 4 is 32.6 Å². The summed E-state index contributed by atoms with van der Waals surface area (Å²) in [6.07, 6.45) is 2.00. The molecule has 1 amide bonds. The summed E-state index contributed by atoms with van der Waals surface area (Å²) >= 11 is 1.55. The van der Waals surface area contributed by atoms with Gasteiger partial charge in [-0.05, 0) is 68.1 Å². The van der Waals surface area contributed by atoms with E-state index in [1.165, 1.54) is 11.1 Å². The first-order chi connectivity index (χ1) is 14.6. The highest BCUT2D eigenvalue weighted by Crippen LogP contribution is 2.35. The monoisotopic (exact) mass is 424 g/mol. The number of aryl methyl sites for hydroxylation is 2. The number of amides is 1. The number of nitrogens with zero attached hydrogens (tertiary/aromatic N) is 2. The predicted octanol–water partition coefficient (Wildman–Crippen LogP) is 4.51. The number of hydrogen-bond acceptors (Lipinski definition) is 6. The molecule has 3 heterocycles. The highest BCUT2D eigenvalue weighted by atomic mass is 32.1. The van der Waals surface area contributed by atoms with Crippen LogP contribution in [0.15, 0.2) is 30.3 Å². The molecule has 1 saturated heterocycles. The summed E-state index contributed by atoms with van der Waals surface area (Å²) in [5, 5.41) is 0.699. The Bertz CT molecular complexity index is 1070. The second-order valence-electron chi connectivity index (χ2n) is 7.81. The summed E-state index contributed by atoms with van der Waals surface area (Å²) in [5.74, 6) is 1.18. The molecule has 2 aliphatic heterocycles. The number of rotatable bonds is 4. The predicted molar refractivity (Wildman–Crippen MR) is 117 cm³/mol. The lowest BCUT2D eigenvalue weighted by atomic mass is 10.1. The molecule has 1 fully saturated rings. The van der Waals surface area contributed by atoms with Gasteiger partial charge in [0.25, 0.3) is 5.91 Å². The highest BCUT2D eigenvalue weighted by Gasteiger charge is 2.28. The van der Waals surface area contributed by atoms with Crippen molar-refractivity contribution < 1.29 is 19.0 Å². The molecular weight excluding hydrogens is 400 g/mol. The molecule has 1 unspecified atom stereocenters. The van der Waals surface area contributed by atoms with E-state index < -0.39 is 0 Å². The van der Waals surface area contributed by atoms with Gasteiger partial charge in [-0.3, -0.25) is 9.69 Å². The molecule has 1 atom stereocenters. The zero-order valence-electron chi connectivity index (χ0n) is 17.1. The summed E-state index contributed by atoms with van der Waals surface area (Å²) in [6, 6.07) is 9.59. The summed E-state index contributed by atoms with van der Waals surface area (Å²) in [4.78, 5) is 20.1. The van der Waals surface area contributed by atoms with Gasteiger partial charge in [-0.2, -0.15) is 0 Å². The minimum Gasteiger partial charge on any atom is -0.486 e. The Balaban J connectivity index is 1.52. The Kier molecular flexibility index (Phi) is 5.08. The van der Waals surface area contributed by atoms with Crippen molar-refractivity contribution in [3.8, 4) is 11.5 Å². The van der Waals surface area contributed by atoms with Crippen molar-refractivity contribution in [2.24, 2.45) is 0 Å². The number of ether oxygens (including phenoxy) is 3. The van der Waals surface area contributed by atoms with Crippen LogP contribution in [0, 0.1) is 13.8 Å². The topological polar surface area (TPSA) is 60.9 Å². The molecule has 0 bridgehead atoms. The van der Waals surface area contributed by atoms with E-state index in [-0.39, 0.29) is 12.0 Å². The van der Waals surface area contributed by atoms with Crippen molar-refractivity contribution in [1.29, 1.82) is 0 Å². The van der Waals surface area contributed by atoms with E-state index in [0.717, 1.165) is 29.7 Å². The molecule has 2 aromatic carbocycles. The molecule has 0 saturated carbocycles. The molecule has 5 rings (SSSR count). The molecule has 1 aromatic heterocycles. The molecule has 0 radical (unpaired) electrons. The van der Waals surface area contributed by atoms with E-state index in [0.29, 0.717) is 42.0 Å². The molecule has 3 aromatic rings. The lowest BCUT2D eigenvalue weighted by molar-refractivity contribution is 0.0916. The van der Waals surface area contributed by atoms with Crippen LogP contribution in [0.2, 0.25) is 0 Å². The van der Waals surface area contributed by atoms with Gasteiger partial charge in [0.15, 0.2) is 16.6 Å². The Morgan fingerprint density at radius 1 is 1.10 bits per heavy atom. The molecule has 6 nitrogen and oxygen atoms in total. The summed E-state index contributed by atoms with van der Waals surface area (Å²) in [7, 11) is 0. The number of thiazole rings is 1. The molecule has 30 heavy (non-hydrogen) atoms. The normalized spacial score (nSPS) is 18.0. The average molecular weight is 425 g/mol. The molecule has 0 N–H and O–H groups in total. The zero-order chi connectivity index (χ0) is 20.7. The molecule has 0 aliphatic carbocycles. The van der Waals surface area contributed by atoms with Crippen LogP contribution in [-0.4, -0.2) is 43.4 Å². The van der Waals surface area contributed by atoms with E-state index in [4.69, 9.17) is 19.2 Å². The van der Waals surface area contributed by atoms with Crippen molar-refractivity contribution in [3.05, 3.63) is 47.0 Å². The van der Waals surface area contributed by atoms with Crippen LogP contribution in [0.4, 0.5) is 5.13 Å². The molecule has 156 valence electrons. The van der Waals surface area contributed by atoms with Crippen LogP contribution >= 0.6 is 11.3 Å². The second-order valence-corrected chi connectivity index (χ2v) is 8.82. The molecular formula is C23H24N2O4S. The van der Waals surface area contributed by atoms with E-state index in [1.807, 2.05) is 0 Å². The van der Waals surface area contributed by atoms with E-state index >= 15 is 0 Å². The van der Waals surface area contributed by atoms with E-state index in [1.54, 1.807) is 34.4 Å². The summed E-state index contributed by atoms with van der Waals surface area (Å²) in [5.41, 5.74) is 3.90. The zero-order valence-corrected chi connectivity index (χ0v) is 18.0. The van der Waals surface area contributed by atoms with Gasteiger partial charge >= 0.3 is 0 Å². The average Bonchev–Trinajstić information content (AvgIpc) is 3.41. The fourth-order valence-electron chi connectivity index (χ4n) is 3.86. The van der Waals surface area contributed by atoms with Crippen LogP contribution < -0.4 is 14.4 Å². The lowest BCUT2D eigenvalue weighted by Gasteiger charge is -2.24. The standard InChI is InChI=1S/C23H24N2O4S/c1-14-10-18-21(11-15(14)2)30-23(24-18)25(13-17-4-3-7-27-17)22(26)16-5-6-19-20(12-16)29-9-8-28-19/h5-6,10-12,17H,3-4,7-9,13H2,1-2H3. The van der Waals surface area contributed by atoms with Crippen LogP contribution in [0.5, 0.6) is 11.5 Å². The minimum atomic E-state index is -0.102. The Morgan fingerprint density at radius 3 is 2.70 bits per heavy atom. The molecule has 0 spiro atoms. The van der Waals surface area contributed by atoms with Gasteiger partial charge < -0.3 is 14.2 Å². The minimum absolute atomic E-state index is 0.0293. The Labute approximate surface area is 179 Å². The SMILES string of the molecule is Cc1cc2nc(N(CC3CCCO3)C(=O)c3ccc4c(c3)OCCO4)sc2cc1C. The number of carbonyl (C=O) groups is 1. The maximum Gasteiger partial charge on any atom is 0.260 e. The second kappa shape index (κ2) is 7.89. The van der Waals surface area contributed by atoms with Gasteiger partial charge in [0.1, 0.15) is 13.2 Å². The van der Waals surface area contributed by atoms with Gasteiger partial charge in [-0.25, -0.2) is 4.98 Å². The maximum atomic E-state index is 13.6. The van der Waals surface area contributed by atoms with E-state index in [9.17, 15) is 4.79 Å². The number of fused-ring (bicyclic) bond motifs is 2. The number of benzene rings is 2. The lowest BCUT2D eigenvalue weighted by Crippen LogP contribution is -2.37. The Hall–Kier alpha value is -2.64. The van der Waals surface area contributed by atoms with Crippen molar-refractivity contribution in [2.75, 3.05) is 31.3 Å². The summed E-state index contributed by atoms with van der Waals surface area (Å²) in [6.45, 7) is 6.42. The fourth-order valence-corrected chi connectivity index (χ4v) is 4.91. The number of anilines is 1. The third-order valence-electron chi connectivity index (χ3n) is 5.67. The van der Waals surface area contributed by atoms with Crippen LogP contribution in [0.1, 0.15) is 34.3 Å². The quantitative estimate of drug-likeness (QED) is 0.617. The van der Waals surface area contributed by atoms with Gasteiger partial charge in [0.2, 0.25) is 0 Å². The van der Waals surface area contributed by atoms with Crippen LogP contribution in [0.3, 0.4) is 0 Å². The van der Waals surface area contributed by atoms with Crippen molar-refractivity contribution in [2.45, 2.75) is 32.8 Å². The van der Waals surface area contributed by atoms with Gasteiger partial charge in [-0.15, -0.1) is 0 Å². The third-order valence-corrected chi connectivity index (χ3v) is 6.71. The van der Waals surface area contributed by atoms with Crippen molar-refractivity contribution in [1.82, 2.24) is 4.98 Å². The van der Waals surface area contributed by atoms with Gasteiger partial charge in [0.05, 0.1) is 22.9 Å². The Morgan fingerprint density at radius 2 is 1.90 bits per heavy atom. The van der Waals surface area contributed by atoms with Gasteiger partial charge in [-0.1, -0.05) is 11.3 Å². The van der Waals surface area contributed by atoms with Crippen LogP contribution in [-0.2, 0) is 4.74 Å². The first-order valence-electron chi connectivity index (χ1n) is 10.3. The molecule has 2 aliphatic rings. The third kappa shape index (κ3) is 3.63. The number of aromatic nitrogens is 1. The smallest absolute Gasteiger partial charge is 0.260 e. The summed E-state index contributed by atoms with van der Waals surface area (Å²) < 4.78 is 18.2. The maximum absolute atomic E-state index is 13.6. The first-order valence-corrected chi connectivity index (χ1v) is 11.1. The van der Waals surface area contributed by atoms with Crippen molar-refractivity contribution in [3.63, 3.8) is 0 Å². The van der Waals surface area contributed by atoms with Gasteiger partial charge in [0, 0.05) is 12.2 Å². The number of hydrogen-bond donors (Lipinski definition) is 0.